The van der Waals surface area contributed by atoms with Crippen molar-refractivity contribution in [3.05, 3.63) is 11.6 Å². The third-order valence-electron chi connectivity index (χ3n) is 0.495. The summed E-state index contributed by atoms with van der Waals surface area (Å²) in [5, 5.41) is 2.88. The molecule has 0 saturated carbocycles. The predicted molar refractivity (Wildman–Crippen MR) is 26.3 cm³/mol. The molecular formula is C3H5N2S. The van der Waals surface area contributed by atoms with Crippen molar-refractivity contribution >= 4 is 11.9 Å². The highest BCUT2D eigenvalue weighted by atomic mass is 32.2. The minimum absolute atomic E-state index is 1.51. The van der Waals surface area contributed by atoms with Crippen LogP contribution in [0.4, 0.5) is 0 Å². The largest absolute Gasteiger partial charge is 0.315 e. The summed E-state index contributed by atoms with van der Waals surface area (Å²) in [7, 11) is 1.93. The van der Waals surface area contributed by atoms with Gasteiger partial charge in [-0.3, -0.25) is 0 Å². The number of hydrazine groups is 1. The Morgan fingerprint density at radius 1 is 2.00 bits per heavy atom. The first-order valence-electron chi connectivity index (χ1n) is 1.63. The molecule has 0 aromatic heterocycles. The van der Waals surface area contributed by atoms with Gasteiger partial charge in [0.05, 0.1) is 5.41 Å². The van der Waals surface area contributed by atoms with Gasteiger partial charge in [-0.2, -0.15) is 4.41 Å². The fourth-order valence-electron chi connectivity index (χ4n) is 0.249. The van der Waals surface area contributed by atoms with Crippen LogP contribution < -0.4 is 5.43 Å². The normalized spacial score (nSPS) is 21.5. The fourth-order valence-corrected chi connectivity index (χ4v) is 0.618. The maximum absolute atomic E-state index is 2.88. The zero-order valence-corrected chi connectivity index (χ0v) is 4.25. The maximum Gasteiger partial charge on any atom is 0.0583 e. The Morgan fingerprint density at radius 3 is 3.00 bits per heavy atom. The molecule has 0 amide bonds. The Balaban J connectivity index is 2.32. The van der Waals surface area contributed by atoms with Crippen LogP contribution in [0.1, 0.15) is 0 Å². The molecule has 2 nitrogen and oxygen atoms in total. The molecule has 0 spiro atoms. The van der Waals surface area contributed by atoms with Gasteiger partial charge in [-0.05, 0) is 11.9 Å². The highest BCUT2D eigenvalue weighted by molar-refractivity contribution is 7.98. The third-order valence-corrected chi connectivity index (χ3v) is 1.10. The Morgan fingerprint density at radius 2 is 2.83 bits per heavy atom. The van der Waals surface area contributed by atoms with Gasteiger partial charge in [0.1, 0.15) is 0 Å². The van der Waals surface area contributed by atoms with Crippen molar-refractivity contribution in [2.24, 2.45) is 0 Å². The monoisotopic (exact) mass is 101 g/mol. The van der Waals surface area contributed by atoms with Crippen LogP contribution in [-0.4, -0.2) is 11.5 Å². The lowest BCUT2D eigenvalue weighted by Gasteiger charge is -2.02. The van der Waals surface area contributed by atoms with Gasteiger partial charge in [0, 0.05) is 13.2 Å². The van der Waals surface area contributed by atoms with Crippen LogP contribution in [0, 0.1) is 5.41 Å². The lowest BCUT2D eigenvalue weighted by molar-refractivity contribution is 0.505. The van der Waals surface area contributed by atoms with Crippen molar-refractivity contribution in [1.82, 2.24) is 9.84 Å². The van der Waals surface area contributed by atoms with Gasteiger partial charge in [0.2, 0.25) is 0 Å². The van der Waals surface area contributed by atoms with E-state index in [9.17, 15) is 0 Å². The number of nitrogens with zero attached hydrogens (tertiary/aromatic N) is 1. The van der Waals surface area contributed by atoms with Crippen LogP contribution in [0.5, 0.6) is 0 Å². The van der Waals surface area contributed by atoms with Gasteiger partial charge in [-0.1, -0.05) is 0 Å². The molecule has 6 heavy (non-hydrogen) atoms. The van der Waals surface area contributed by atoms with Gasteiger partial charge in [0.15, 0.2) is 0 Å². The third kappa shape index (κ3) is 0.666. The van der Waals surface area contributed by atoms with E-state index in [0.717, 1.165) is 0 Å². The molecule has 1 heterocycles. The van der Waals surface area contributed by atoms with Crippen LogP contribution in [-0.2, 0) is 0 Å². The van der Waals surface area contributed by atoms with Crippen LogP contribution in [0.2, 0.25) is 0 Å². The lowest BCUT2D eigenvalue weighted by Crippen LogP contribution is -2.16. The summed E-state index contributed by atoms with van der Waals surface area (Å²) in [6.07, 6.45) is 1.77. The summed E-state index contributed by atoms with van der Waals surface area (Å²) >= 11 is 1.51. The minimum atomic E-state index is 1.51. The van der Waals surface area contributed by atoms with Crippen LogP contribution in [0.25, 0.3) is 0 Å². The molecule has 3 heteroatoms. The van der Waals surface area contributed by atoms with E-state index >= 15 is 0 Å². The van der Waals surface area contributed by atoms with Crippen molar-refractivity contribution in [3.8, 4) is 0 Å². The molecule has 33 valence electrons. The van der Waals surface area contributed by atoms with Crippen molar-refractivity contribution in [3.63, 3.8) is 0 Å². The van der Waals surface area contributed by atoms with Gasteiger partial charge < -0.3 is 5.43 Å². The van der Waals surface area contributed by atoms with Crippen molar-refractivity contribution in [1.29, 1.82) is 0 Å². The average molecular weight is 101 g/mol. The Labute approximate surface area is 41.3 Å². The second-order valence-corrected chi connectivity index (χ2v) is 1.95. The Hall–Kier alpha value is -0.150. The summed E-state index contributed by atoms with van der Waals surface area (Å²) in [5.74, 6) is 0. The van der Waals surface area contributed by atoms with E-state index in [2.05, 4.69) is 10.8 Å². The van der Waals surface area contributed by atoms with Crippen LogP contribution in [0.15, 0.2) is 6.20 Å². The average Bonchev–Trinajstić information content (AvgIpc) is 1.86. The standard InChI is InChI=1S/C3H5N2S/c1-5-4-2-3-6-5/h2,4H,1H3. The molecule has 0 fully saturated rings. The first kappa shape index (κ1) is 4.02. The van der Waals surface area contributed by atoms with E-state index in [4.69, 9.17) is 0 Å². The summed E-state index contributed by atoms with van der Waals surface area (Å²) < 4.78 is 1.86. The van der Waals surface area contributed by atoms with Crippen LogP contribution >= 0.6 is 11.9 Å². The maximum atomic E-state index is 2.88. The molecule has 1 rings (SSSR count). The topological polar surface area (TPSA) is 15.3 Å². The zero-order valence-electron chi connectivity index (χ0n) is 3.43. The van der Waals surface area contributed by atoms with E-state index in [1.54, 1.807) is 6.20 Å². The van der Waals surface area contributed by atoms with Crippen molar-refractivity contribution in [2.75, 3.05) is 7.05 Å². The van der Waals surface area contributed by atoms with E-state index in [-0.39, 0.29) is 0 Å². The molecule has 1 N–H and O–H groups in total. The smallest absolute Gasteiger partial charge is 0.0583 e. The molecular weight excluding hydrogens is 96.1 g/mol. The molecule has 0 aromatic carbocycles. The highest BCUT2D eigenvalue weighted by Gasteiger charge is 1.95. The van der Waals surface area contributed by atoms with E-state index in [1.807, 2.05) is 11.5 Å². The first-order valence-corrected chi connectivity index (χ1v) is 2.41. The second kappa shape index (κ2) is 1.53. The molecule has 0 saturated heterocycles. The van der Waals surface area contributed by atoms with E-state index in [0.29, 0.717) is 0 Å². The van der Waals surface area contributed by atoms with Crippen LogP contribution in [0.3, 0.4) is 0 Å². The summed E-state index contributed by atoms with van der Waals surface area (Å²) in [4.78, 5) is 0. The number of nitrogens with one attached hydrogen (secondary N) is 1. The molecule has 1 aliphatic heterocycles. The minimum Gasteiger partial charge on any atom is -0.315 e. The number of hydrogen-bond donors (Lipinski definition) is 1. The predicted octanol–water partition coefficient (Wildman–Crippen LogP) is 0.359. The fraction of sp³-hybridized carbons (Fsp3) is 0.333. The molecule has 0 aromatic rings. The molecule has 0 aliphatic carbocycles. The molecule has 0 bridgehead atoms. The van der Waals surface area contributed by atoms with E-state index in [1.165, 1.54) is 11.9 Å². The second-order valence-electron chi connectivity index (χ2n) is 0.980. The summed E-state index contributed by atoms with van der Waals surface area (Å²) in [6, 6.07) is 0. The van der Waals surface area contributed by atoms with Gasteiger partial charge in [0.25, 0.3) is 0 Å². The molecule has 0 unspecified atom stereocenters. The zero-order chi connectivity index (χ0) is 4.41. The van der Waals surface area contributed by atoms with Crippen molar-refractivity contribution in [2.45, 2.75) is 0 Å². The lowest BCUT2D eigenvalue weighted by atomic mass is 11.1. The van der Waals surface area contributed by atoms with E-state index < -0.39 is 0 Å². The Kier molecular flexibility index (Phi) is 1.03. The summed E-state index contributed by atoms with van der Waals surface area (Å²) in [5.41, 5.74) is 2.88. The Bertz CT molecular complexity index is 63.2. The van der Waals surface area contributed by atoms with Crippen molar-refractivity contribution < 1.29 is 0 Å². The first-order chi connectivity index (χ1) is 2.89. The molecule has 1 radical (unpaired) electrons. The van der Waals surface area contributed by atoms with Gasteiger partial charge >= 0.3 is 0 Å². The highest BCUT2D eigenvalue weighted by Crippen LogP contribution is 2.07. The SMILES string of the molecule is CN1NC=[C]S1. The number of rotatable bonds is 0. The molecule has 1 aliphatic rings. The quantitative estimate of drug-likeness (QED) is 0.443. The summed E-state index contributed by atoms with van der Waals surface area (Å²) in [6.45, 7) is 0. The number of hydrogen-bond acceptors (Lipinski definition) is 3. The van der Waals surface area contributed by atoms with Gasteiger partial charge in [-0.25, -0.2) is 0 Å². The molecule has 0 atom stereocenters. The van der Waals surface area contributed by atoms with Gasteiger partial charge in [-0.15, -0.1) is 0 Å².